The van der Waals surface area contributed by atoms with Crippen LogP contribution in [0.1, 0.15) is 38.5 Å². The van der Waals surface area contributed by atoms with E-state index in [1.54, 1.807) is 0 Å². The van der Waals surface area contributed by atoms with Gasteiger partial charge in [-0.05, 0) is 52.4 Å². The summed E-state index contributed by atoms with van der Waals surface area (Å²) in [6, 6.07) is 0.510. The second-order valence-corrected chi connectivity index (χ2v) is 5.84. The Labute approximate surface area is 111 Å². The summed E-state index contributed by atoms with van der Waals surface area (Å²) in [4.78, 5) is 16.8. The number of amides is 1. The van der Waals surface area contributed by atoms with E-state index in [1.807, 2.05) is 11.9 Å². The van der Waals surface area contributed by atoms with Crippen LogP contribution in [-0.2, 0) is 4.79 Å². The molecular weight excluding hydrogens is 226 g/mol. The highest BCUT2D eigenvalue weighted by Gasteiger charge is 2.28. The summed E-state index contributed by atoms with van der Waals surface area (Å²) in [6.45, 7) is 3.22. The summed E-state index contributed by atoms with van der Waals surface area (Å²) in [5.74, 6) is 0.312. The molecule has 2 rings (SSSR count). The first-order valence-corrected chi connectivity index (χ1v) is 7.37. The predicted molar refractivity (Wildman–Crippen MR) is 73.5 cm³/mol. The molecule has 1 amide bonds. The topological polar surface area (TPSA) is 35.6 Å². The van der Waals surface area contributed by atoms with Crippen molar-refractivity contribution in [2.75, 3.05) is 33.7 Å². The molecule has 4 heteroatoms. The molecule has 0 saturated carbocycles. The predicted octanol–water partition coefficient (Wildman–Crippen LogP) is 1.07. The fourth-order valence-corrected chi connectivity index (χ4v) is 3.05. The summed E-state index contributed by atoms with van der Waals surface area (Å²) >= 11 is 0. The number of likely N-dealkylation sites (tertiary alicyclic amines) is 1. The first kappa shape index (κ1) is 13.8. The Morgan fingerprint density at radius 3 is 2.61 bits per heavy atom. The van der Waals surface area contributed by atoms with Gasteiger partial charge in [-0.1, -0.05) is 12.8 Å². The second kappa shape index (κ2) is 6.53. The van der Waals surface area contributed by atoms with Crippen molar-refractivity contribution in [1.82, 2.24) is 15.1 Å². The van der Waals surface area contributed by atoms with Gasteiger partial charge in [0.2, 0.25) is 5.91 Å². The number of hydrogen-bond acceptors (Lipinski definition) is 3. The largest absolute Gasteiger partial charge is 0.341 e. The third-order valence-electron chi connectivity index (χ3n) is 4.44. The Hall–Kier alpha value is -0.610. The zero-order valence-electron chi connectivity index (χ0n) is 11.8. The highest BCUT2D eigenvalue weighted by atomic mass is 16.2. The van der Waals surface area contributed by atoms with Gasteiger partial charge in [-0.15, -0.1) is 0 Å². The average Bonchev–Trinajstić information content (AvgIpc) is 2.67. The molecule has 2 saturated heterocycles. The standard InChI is InChI=1S/C14H27N3O/c1-16-10-7-12(8-11-16)17(2)14(18)13-6-4-3-5-9-15-13/h12-13,15H,3-11H2,1-2H3. The number of carbonyl (C=O) groups is 1. The zero-order valence-corrected chi connectivity index (χ0v) is 11.8. The van der Waals surface area contributed by atoms with E-state index in [0.29, 0.717) is 11.9 Å². The van der Waals surface area contributed by atoms with Crippen LogP contribution in [0.5, 0.6) is 0 Å². The van der Waals surface area contributed by atoms with Crippen LogP contribution in [-0.4, -0.2) is 61.5 Å². The van der Waals surface area contributed by atoms with Crippen molar-refractivity contribution in [2.24, 2.45) is 0 Å². The molecule has 104 valence electrons. The normalized spacial score (nSPS) is 27.8. The van der Waals surface area contributed by atoms with E-state index in [1.165, 1.54) is 19.3 Å². The number of piperidine rings is 1. The lowest BCUT2D eigenvalue weighted by atomic mass is 10.0. The Balaban J connectivity index is 1.87. The van der Waals surface area contributed by atoms with Crippen LogP contribution in [0, 0.1) is 0 Å². The van der Waals surface area contributed by atoms with Crippen molar-refractivity contribution in [3.63, 3.8) is 0 Å². The molecular formula is C14H27N3O. The number of hydrogen-bond donors (Lipinski definition) is 1. The minimum Gasteiger partial charge on any atom is -0.341 e. The van der Waals surface area contributed by atoms with E-state index in [-0.39, 0.29) is 6.04 Å². The SMILES string of the molecule is CN1CCC(N(C)C(=O)C2CCCCCN2)CC1. The van der Waals surface area contributed by atoms with E-state index >= 15 is 0 Å². The smallest absolute Gasteiger partial charge is 0.239 e. The lowest BCUT2D eigenvalue weighted by Crippen LogP contribution is -2.51. The molecule has 2 aliphatic heterocycles. The van der Waals surface area contributed by atoms with Gasteiger partial charge in [0.05, 0.1) is 6.04 Å². The van der Waals surface area contributed by atoms with Crippen LogP contribution in [0.2, 0.25) is 0 Å². The fraction of sp³-hybridized carbons (Fsp3) is 0.929. The number of carbonyl (C=O) groups excluding carboxylic acids is 1. The van der Waals surface area contributed by atoms with E-state index < -0.39 is 0 Å². The summed E-state index contributed by atoms with van der Waals surface area (Å²) in [6.07, 6.45) is 6.90. The van der Waals surface area contributed by atoms with Crippen LogP contribution >= 0.6 is 0 Å². The number of rotatable bonds is 2. The summed E-state index contributed by atoms with van der Waals surface area (Å²) in [5.41, 5.74) is 0. The molecule has 0 aromatic heterocycles. The maximum absolute atomic E-state index is 12.5. The molecule has 18 heavy (non-hydrogen) atoms. The maximum atomic E-state index is 12.5. The van der Waals surface area contributed by atoms with Crippen molar-refractivity contribution in [2.45, 2.75) is 50.6 Å². The molecule has 0 radical (unpaired) electrons. The van der Waals surface area contributed by atoms with Gasteiger partial charge in [-0.25, -0.2) is 0 Å². The van der Waals surface area contributed by atoms with Crippen LogP contribution in [0.3, 0.4) is 0 Å². The molecule has 0 aliphatic carbocycles. The van der Waals surface area contributed by atoms with Crippen LogP contribution in [0.4, 0.5) is 0 Å². The van der Waals surface area contributed by atoms with Crippen molar-refractivity contribution in [1.29, 1.82) is 0 Å². The van der Waals surface area contributed by atoms with Gasteiger partial charge in [-0.2, -0.15) is 0 Å². The molecule has 0 spiro atoms. The van der Waals surface area contributed by atoms with E-state index in [4.69, 9.17) is 0 Å². The van der Waals surface area contributed by atoms with Gasteiger partial charge in [0.1, 0.15) is 0 Å². The second-order valence-electron chi connectivity index (χ2n) is 5.84. The van der Waals surface area contributed by atoms with Crippen molar-refractivity contribution >= 4 is 5.91 Å². The third-order valence-corrected chi connectivity index (χ3v) is 4.44. The summed E-state index contributed by atoms with van der Waals surface area (Å²) in [5, 5.41) is 3.41. The number of likely N-dealkylation sites (N-methyl/N-ethyl adjacent to an activating group) is 1. The molecule has 2 fully saturated rings. The Bertz CT molecular complexity index is 266. The molecule has 1 N–H and O–H groups in total. The van der Waals surface area contributed by atoms with Crippen molar-refractivity contribution in [3.8, 4) is 0 Å². The molecule has 4 nitrogen and oxygen atoms in total. The van der Waals surface area contributed by atoms with E-state index in [9.17, 15) is 4.79 Å². The molecule has 2 aliphatic rings. The van der Waals surface area contributed by atoms with Crippen molar-refractivity contribution in [3.05, 3.63) is 0 Å². The minimum atomic E-state index is 0.0668. The monoisotopic (exact) mass is 253 g/mol. The van der Waals surface area contributed by atoms with Crippen LogP contribution in [0.25, 0.3) is 0 Å². The molecule has 1 unspecified atom stereocenters. The van der Waals surface area contributed by atoms with E-state index in [0.717, 1.165) is 38.9 Å². The molecule has 0 bridgehead atoms. The average molecular weight is 253 g/mol. The quantitative estimate of drug-likeness (QED) is 0.799. The third kappa shape index (κ3) is 3.45. The molecule has 0 aromatic carbocycles. The van der Waals surface area contributed by atoms with Gasteiger partial charge in [0.25, 0.3) is 0 Å². The highest BCUT2D eigenvalue weighted by molar-refractivity contribution is 5.82. The summed E-state index contributed by atoms with van der Waals surface area (Å²) in [7, 11) is 4.15. The molecule has 2 heterocycles. The van der Waals surface area contributed by atoms with Gasteiger partial charge >= 0.3 is 0 Å². The van der Waals surface area contributed by atoms with Crippen LogP contribution < -0.4 is 5.32 Å². The number of nitrogens with one attached hydrogen (secondary N) is 1. The van der Waals surface area contributed by atoms with Gasteiger partial charge < -0.3 is 15.1 Å². The molecule has 0 aromatic rings. The maximum Gasteiger partial charge on any atom is 0.239 e. The lowest BCUT2D eigenvalue weighted by molar-refractivity contribution is -0.135. The van der Waals surface area contributed by atoms with Crippen molar-refractivity contribution < 1.29 is 4.79 Å². The molecule has 1 atom stereocenters. The number of nitrogens with zero attached hydrogens (tertiary/aromatic N) is 2. The first-order valence-electron chi connectivity index (χ1n) is 7.37. The lowest BCUT2D eigenvalue weighted by Gasteiger charge is -2.36. The summed E-state index contributed by atoms with van der Waals surface area (Å²) < 4.78 is 0. The van der Waals surface area contributed by atoms with Gasteiger partial charge in [0, 0.05) is 13.1 Å². The van der Waals surface area contributed by atoms with E-state index in [2.05, 4.69) is 17.3 Å². The van der Waals surface area contributed by atoms with Crippen LogP contribution in [0.15, 0.2) is 0 Å². The fourth-order valence-electron chi connectivity index (χ4n) is 3.05. The highest BCUT2D eigenvalue weighted by Crippen LogP contribution is 2.17. The first-order chi connectivity index (χ1) is 8.68. The van der Waals surface area contributed by atoms with Gasteiger partial charge in [-0.3, -0.25) is 4.79 Å². The Morgan fingerprint density at radius 1 is 1.17 bits per heavy atom. The minimum absolute atomic E-state index is 0.0668. The zero-order chi connectivity index (χ0) is 13.0. The Kier molecular flexibility index (Phi) is 5.01. The Morgan fingerprint density at radius 2 is 1.89 bits per heavy atom. The van der Waals surface area contributed by atoms with Gasteiger partial charge in [0.15, 0.2) is 0 Å².